The monoisotopic (exact) mass is 313 g/mol. The van der Waals surface area contributed by atoms with Gasteiger partial charge in [0, 0.05) is 6.54 Å². The van der Waals surface area contributed by atoms with E-state index in [0.29, 0.717) is 0 Å². The largest absolute Gasteiger partial charge is 0.448 e. The van der Waals surface area contributed by atoms with Crippen LogP contribution < -0.4 is 0 Å². The van der Waals surface area contributed by atoms with E-state index in [2.05, 4.69) is 4.74 Å². The van der Waals surface area contributed by atoms with Crippen molar-refractivity contribution in [2.24, 2.45) is 0 Å². The van der Waals surface area contributed by atoms with E-state index in [1.54, 1.807) is 20.8 Å². The Hall–Kier alpha value is -1.75. The van der Waals surface area contributed by atoms with E-state index in [4.69, 9.17) is 16.3 Å². The van der Waals surface area contributed by atoms with Crippen LogP contribution in [0.15, 0.2) is 30.3 Å². The number of alkyl halides is 1. The van der Waals surface area contributed by atoms with Gasteiger partial charge in [-0.1, -0.05) is 41.9 Å². The molecule has 5 nitrogen and oxygen atoms in total. The van der Waals surface area contributed by atoms with Crippen molar-refractivity contribution in [3.8, 4) is 0 Å². The predicted molar refractivity (Wildman–Crippen MR) is 79.9 cm³/mol. The number of amides is 1. The Kier molecular flexibility index (Phi) is 6.49. The van der Waals surface area contributed by atoms with E-state index >= 15 is 0 Å². The van der Waals surface area contributed by atoms with Crippen LogP contribution in [0.25, 0.3) is 0 Å². The number of nitrogens with zero attached hydrogens (tertiary/aromatic N) is 1. The van der Waals surface area contributed by atoms with Crippen LogP contribution in [0.2, 0.25) is 0 Å². The van der Waals surface area contributed by atoms with Crippen molar-refractivity contribution >= 4 is 23.7 Å². The Morgan fingerprint density at radius 2 is 1.81 bits per heavy atom. The molecule has 0 aliphatic heterocycles. The zero-order chi connectivity index (χ0) is 15.9. The van der Waals surface area contributed by atoms with Crippen LogP contribution in [-0.2, 0) is 20.8 Å². The van der Waals surface area contributed by atoms with Crippen molar-refractivity contribution in [2.45, 2.75) is 32.9 Å². The maximum Gasteiger partial charge on any atom is 0.411 e. The summed E-state index contributed by atoms with van der Waals surface area (Å²) in [6.45, 7) is 5.34. The lowest BCUT2D eigenvalue weighted by atomic mass is 10.2. The number of esters is 1. The zero-order valence-corrected chi connectivity index (χ0v) is 13.2. The van der Waals surface area contributed by atoms with Crippen molar-refractivity contribution in [3.05, 3.63) is 35.9 Å². The van der Waals surface area contributed by atoms with E-state index in [0.717, 1.165) is 5.56 Å². The number of hydrogen-bond donors (Lipinski definition) is 0. The van der Waals surface area contributed by atoms with Crippen molar-refractivity contribution in [1.82, 2.24) is 4.90 Å². The Labute approximate surface area is 129 Å². The Morgan fingerprint density at radius 1 is 1.19 bits per heavy atom. The molecular formula is C15H20ClNO4. The van der Waals surface area contributed by atoms with Gasteiger partial charge in [-0.2, -0.15) is 0 Å². The lowest BCUT2D eigenvalue weighted by Gasteiger charge is -2.26. The molecule has 116 valence electrons. The van der Waals surface area contributed by atoms with Crippen LogP contribution in [0.5, 0.6) is 0 Å². The molecule has 1 rings (SSSR count). The molecule has 0 unspecified atom stereocenters. The lowest BCUT2D eigenvalue weighted by Crippen LogP contribution is -2.39. The first-order valence-corrected chi connectivity index (χ1v) is 7.08. The second-order valence-electron chi connectivity index (χ2n) is 5.45. The summed E-state index contributed by atoms with van der Waals surface area (Å²) in [5.74, 6) is -0.577. The molecule has 1 aromatic carbocycles. The van der Waals surface area contributed by atoms with E-state index in [-0.39, 0.29) is 19.2 Å². The topological polar surface area (TPSA) is 55.8 Å². The summed E-state index contributed by atoms with van der Waals surface area (Å²) < 4.78 is 9.96. The minimum absolute atomic E-state index is 0.212. The highest BCUT2D eigenvalue weighted by Crippen LogP contribution is 2.13. The summed E-state index contributed by atoms with van der Waals surface area (Å²) in [6, 6.07) is 9.09. The third-order valence-electron chi connectivity index (χ3n) is 2.40. The fourth-order valence-electron chi connectivity index (χ4n) is 1.58. The summed E-state index contributed by atoms with van der Waals surface area (Å²) in [5, 5.41) is 0. The first kappa shape index (κ1) is 17.3. The summed E-state index contributed by atoms with van der Waals surface area (Å²) in [5.41, 5.74) is 0.254. The van der Waals surface area contributed by atoms with Crippen LogP contribution in [-0.4, -0.2) is 35.2 Å². The molecule has 0 N–H and O–H groups in total. The molecule has 6 heteroatoms. The molecule has 0 aromatic heterocycles. The van der Waals surface area contributed by atoms with Gasteiger partial charge in [-0.25, -0.2) is 4.79 Å². The minimum atomic E-state index is -0.636. The van der Waals surface area contributed by atoms with Gasteiger partial charge in [0.1, 0.15) is 12.1 Å². The highest BCUT2D eigenvalue weighted by molar-refractivity contribution is 6.17. The van der Waals surface area contributed by atoms with Crippen LogP contribution in [0.4, 0.5) is 4.79 Å². The molecule has 0 aliphatic carbocycles. The Morgan fingerprint density at radius 3 is 2.33 bits per heavy atom. The smallest absolute Gasteiger partial charge is 0.411 e. The van der Waals surface area contributed by atoms with Crippen LogP contribution in [0.3, 0.4) is 0 Å². The van der Waals surface area contributed by atoms with Crippen LogP contribution >= 0.6 is 11.6 Å². The van der Waals surface area contributed by atoms with Crippen molar-refractivity contribution in [3.63, 3.8) is 0 Å². The molecule has 0 atom stereocenters. The summed E-state index contributed by atoms with van der Waals surface area (Å²) in [6.07, 6.45) is -0.571. The molecule has 21 heavy (non-hydrogen) atoms. The molecule has 0 aliphatic rings. The summed E-state index contributed by atoms with van der Waals surface area (Å²) in [4.78, 5) is 25.0. The maximum absolute atomic E-state index is 12.2. The molecule has 0 heterocycles. The Balaban J connectivity index is 2.78. The fraction of sp³-hybridized carbons (Fsp3) is 0.467. The van der Waals surface area contributed by atoms with Crippen molar-refractivity contribution in [2.75, 3.05) is 12.6 Å². The molecule has 1 aromatic rings. The van der Waals surface area contributed by atoms with Gasteiger partial charge in [0.15, 0.2) is 6.07 Å². The highest BCUT2D eigenvalue weighted by Gasteiger charge is 2.24. The summed E-state index contributed by atoms with van der Waals surface area (Å²) in [7, 11) is 0. The van der Waals surface area contributed by atoms with E-state index in [1.807, 2.05) is 30.3 Å². The zero-order valence-electron chi connectivity index (χ0n) is 12.5. The van der Waals surface area contributed by atoms with Crippen LogP contribution in [0.1, 0.15) is 26.3 Å². The van der Waals surface area contributed by atoms with Crippen molar-refractivity contribution in [1.29, 1.82) is 0 Å². The lowest BCUT2D eigenvalue weighted by molar-refractivity contribution is -0.143. The van der Waals surface area contributed by atoms with Gasteiger partial charge >= 0.3 is 12.1 Å². The maximum atomic E-state index is 12.2. The van der Waals surface area contributed by atoms with Crippen LogP contribution in [0, 0.1) is 0 Å². The number of carbonyl (C=O) groups excluding carboxylic acids is 2. The Bertz CT molecular complexity index is 470. The molecule has 0 saturated heterocycles. The summed E-state index contributed by atoms with van der Waals surface area (Å²) >= 11 is 5.35. The molecule has 0 radical (unpaired) electrons. The first-order chi connectivity index (χ1) is 9.81. The average Bonchev–Trinajstić information content (AvgIpc) is 2.37. The average molecular weight is 314 g/mol. The quantitative estimate of drug-likeness (QED) is 0.619. The number of rotatable bonds is 5. The second kappa shape index (κ2) is 7.88. The van der Waals surface area contributed by atoms with Crippen molar-refractivity contribution < 1.29 is 19.1 Å². The van der Waals surface area contributed by atoms with Gasteiger partial charge in [-0.15, -0.1) is 0 Å². The second-order valence-corrected chi connectivity index (χ2v) is 5.67. The molecule has 0 bridgehead atoms. The van der Waals surface area contributed by atoms with Gasteiger partial charge in [0.2, 0.25) is 0 Å². The minimum Gasteiger partial charge on any atom is -0.448 e. The first-order valence-electron chi connectivity index (χ1n) is 6.55. The van der Waals surface area contributed by atoms with Gasteiger partial charge < -0.3 is 9.47 Å². The van der Waals surface area contributed by atoms with Gasteiger partial charge in [0.25, 0.3) is 0 Å². The predicted octanol–water partition coefficient (Wildman–Crippen LogP) is 3.16. The molecule has 0 saturated carbocycles. The van der Waals surface area contributed by atoms with E-state index < -0.39 is 17.7 Å². The number of hydrogen-bond acceptors (Lipinski definition) is 4. The van der Waals surface area contributed by atoms with E-state index in [1.165, 1.54) is 4.90 Å². The highest BCUT2D eigenvalue weighted by atomic mass is 35.5. The SMILES string of the molecule is CC(C)(C)OC(=O)N(CC(=O)OCCl)Cc1ccccc1. The van der Waals surface area contributed by atoms with Gasteiger partial charge in [-0.3, -0.25) is 9.69 Å². The number of carbonyl (C=O) groups is 2. The number of ether oxygens (including phenoxy) is 2. The molecule has 0 spiro atoms. The number of benzene rings is 1. The third-order valence-corrected chi connectivity index (χ3v) is 2.51. The normalized spacial score (nSPS) is 10.9. The third kappa shape index (κ3) is 6.99. The number of halogens is 1. The van der Waals surface area contributed by atoms with Gasteiger partial charge in [0.05, 0.1) is 0 Å². The standard InChI is InChI=1S/C15H20ClNO4/c1-15(2,3)21-14(19)17(10-13(18)20-11-16)9-12-7-5-4-6-8-12/h4-8H,9-11H2,1-3H3. The van der Waals surface area contributed by atoms with E-state index in [9.17, 15) is 9.59 Å². The van der Waals surface area contributed by atoms with Gasteiger partial charge in [-0.05, 0) is 26.3 Å². The molecule has 1 amide bonds. The fourth-order valence-corrected chi connectivity index (χ4v) is 1.70. The molecule has 0 fully saturated rings. The molecular weight excluding hydrogens is 294 g/mol.